The average Bonchev–Trinajstić information content (AvgIpc) is 2.45. The number of hydrogen-bond donors (Lipinski definition) is 2. The van der Waals surface area contributed by atoms with E-state index in [9.17, 15) is 9.90 Å². The highest BCUT2D eigenvalue weighted by Crippen LogP contribution is 2.09. The van der Waals surface area contributed by atoms with Gasteiger partial charge in [-0.05, 0) is 31.5 Å². The molecule has 1 aromatic carbocycles. The van der Waals surface area contributed by atoms with Crippen molar-refractivity contribution in [2.45, 2.75) is 18.9 Å². The van der Waals surface area contributed by atoms with Crippen LogP contribution in [0, 0.1) is 0 Å². The third-order valence-corrected chi connectivity index (χ3v) is 3.28. The molecule has 0 bridgehead atoms. The van der Waals surface area contributed by atoms with Crippen LogP contribution in [0.25, 0.3) is 0 Å². The van der Waals surface area contributed by atoms with E-state index in [1.54, 1.807) is 0 Å². The standard InChI is InChI=1S/C15H22N2O3/c18-13-5-4-9-17(11-13)12-15(19)16-8-10-20-14-6-2-1-3-7-14/h1-3,6-7,13,18H,4-5,8-12H2,(H,16,19). The molecule has 5 nitrogen and oxygen atoms in total. The third-order valence-electron chi connectivity index (χ3n) is 3.28. The Hall–Kier alpha value is -1.59. The molecule has 0 spiro atoms. The van der Waals surface area contributed by atoms with E-state index in [0.29, 0.717) is 26.2 Å². The van der Waals surface area contributed by atoms with Crippen LogP contribution in [0.3, 0.4) is 0 Å². The molecule has 1 saturated heterocycles. The fourth-order valence-electron chi connectivity index (χ4n) is 2.31. The molecule has 0 aliphatic carbocycles. The molecule has 1 aliphatic heterocycles. The summed E-state index contributed by atoms with van der Waals surface area (Å²) in [5.74, 6) is 0.789. The largest absolute Gasteiger partial charge is 0.492 e. The van der Waals surface area contributed by atoms with Crippen molar-refractivity contribution in [1.29, 1.82) is 0 Å². The van der Waals surface area contributed by atoms with Crippen LogP contribution in [0.2, 0.25) is 0 Å². The van der Waals surface area contributed by atoms with Crippen LogP contribution in [-0.4, -0.2) is 54.8 Å². The number of aliphatic hydroxyl groups excluding tert-OH is 1. The number of para-hydroxylation sites is 1. The molecule has 1 aromatic rings. The lowest BCUT2D eigenvalue weighted by Gasteiger charge is -2.29. The highest BCUT2D eigenvalue weighted by atomic mass is 16.5. The second-order valence-corrected chi connectivity index (χ2v) is 5.04. The predicted octanol–water partition coefficient (Wildman–Crippen LogP) is 0.638. The van der Waals surface area contributed by atoms with Gasteiger partial charge in [-0.15, -0.1) is 0 Å². The zero-order valence-electron chi connectivity index (χ0n) is 11.6. The molecule has 2 rings (SSSR count). The average molecular weight is 278 g/mol. The number of hydrogen-bond acceptors (Lipinski definition) is 4. The number of rotatable bonds is 6. The molecule has 2 N–H and O–H groups in total. The number of piperidine rings is 1. The van der Waals surface area contributed by atoms with Crippen molar-refractivity contribution in [3.8, 4) is 5.75 Å². The van der Waals surface area contributed by atoms with E-state index in [2.05, 4.69) is 5.32 Å². The highest BCUT2D eigenvalue weighted by Gasteiger charge is 2.19. The van der Waals surface area contributed by atoms with E-state index in [1.807, 2.05) is 35.2 Å². The molecule has 1 amide bonds. The normalized spacial score (nSPS) is 19.6. The fraction of sp³-hybridized carbons (Fsp3) is 0.533. The highest BCUT2D eigenvalue weighted by molar-refractivity contribution is 5.78. The molecule has 5 heteroatoms. The Morgan fingerprint density at radius 3 is 2.95 bits per heavy atom. The summed E-state index contributed by atoms with van der Waals surface area (Å²) in [7, 11) is 0. The number of nitrogens with one attached hydrogen (secondary N) is 1. The Bertz CT molecular complexity index is 411. The van der Waals surface area contributed by atoms with E-state index < -0.39 is 0 Å². The van der Waals surface area contributed by atoms with Gasteiger partial charge in [0.05, 0.1) is 19.2 Å². The Morgan fingerprint density at radius 2 is 2.20 bits per heavy atom. The molecule has 20 heavy (non-hydrogen) atoms. The first kappa shape index (κ1) is 14.8. The van der Waals surface area contributed by atoms with Gasteiger partial charge in [-0.2, -0.15) is 0 Å². The lowest BCUT2D eigenvalue weighted by atomic mass is 10.1. The Morgan fingerprint density at radius 1 is 1.40 bits per heavy atom. The number of β-amino-alcohol motifs (C(OH)–C–C–N with tert-alkyl or cyclic N) is 1. The minimum atomic E-state index is -0.294. The van der Waals surface area contributed by atoms with Gasteiger partial charge in [0.25, 0.3) is 0 Å². The third kappa shape index (κ3) is 5.19. The van der Waals surface area contributed by atoms with Gasteiger partial charge in [-0.3, -0.25) is 9.69 Å². The Labute approximate surface area is 119 Å². The maximum absolute atomic E-state index is 11.7. The van der Waals surface area contributed by atoms with E-state index in [-0.39, 0.29) is 12.0 Å². The molecular weight excluding hydrogens is 256 g/mol. The maximum atomic E-state index is 11.7. The van der Waals surface area contributed by atoms with Crippen molar-refractivity contribution in [3.05, 3.63) is 30.3 Å². The predicted molar refractivity (Wildman–Crippen MR) is 76.6 cm³/mol. The summed E-state index contributed by atoms with van der Waals surface area (Å²) in [5.41, 5.74) is 0. The molecule has 1 unspecified atom stereocenters. The first-order valence-electron chi connectivity index (χ1n) is 7.09. The van der Waals surface area contributed by atoms with E-state index in [0.717, 1.165) is 25.1 Å². The van der Waals surface area contributed by atoms with Crippen molar-refractivity contribution in [2.75, 3.05) is 32.8 Å². The summed E-state index contributed by atoms with van der Waals surface area (Å²) in [6, 6.07) is 9.53. The maximum Gasteiger partial charge on any atom is 0.234 e. The SMILES string of the molecule is O=C(CN1CCCC(O)C1)NCCOc1ccccc1. The zero-order chi connectivity index (χ0) is 14.2. The molecule has 1 heterocycles. The minimum Gasteiger partial charge on any atom is -0.492 e. The van der Waals surface area contributed by atoms with Gasteiger partial charge < -0.3 is 15.2 Å². The molecule has 0 aromatic heterocycles. The lowest BCUT2D eigenvalue weighted by molar-refractivity contribution is -0.123. The molecule has 110 valence electrons. The summed E-state index contributed by atoms with van der Waals surface area (Å²) >= 11 is 0. The molecular formula is C15H22N2O3. The van der Waals surface area contributed by atoms with Gasteiger partial charge in [0, 0.05) is 6.54 Å². The topological polar surface area (TPSA) is 61.8 Å². The van der Waals surface area contributed by atoms with Crippen LogP contribution < -0.4 is 10.1 Å². The molecule has 0 saturated carbocycles. The summed E-state index contributed by atoms with van der Waals surface area (Å²) < 4.78 is 5.50. The van der Waals surface area contributed by atoms with Crippen molar-refractivity contribution in [1.82, 2.24) is 10.2 Å². The number of benzene rings is 1. The lowest BCUT2D eigenvalue weighted by Crippen LogP contribution is -2.44. The summed E-state index contributed by atoms with van der Waals surface area (Å²) in [6.07, 6.45) is 1.49. The van der Waals surface area contributed by atoms with E-state index >= 15 is 0 Å². The molecule has 1 aliphatic rings. The smallest absolute Gasteiger partial charge is 0.234 e. The monoisotopic (exact) mass is 278 g/mol. The number of ether oxygens (including phenoxy) is 1. The number of carbonyl (C=O) groups is 1. The second-order valence-electron chi connectivity index (χ2n) is 5.04. The van der Waals surface area contributed by atoms with Gasteiger partial charge in [0.1, 0.15) is 12.4 Å². The number of carbonyl (C=O) groups excluding carboxylic acids is 1. The minimum absolute atomic E-state index is 0.0178. The van der Waals surface area contributed by atoms with Gasteiger partial charge in [0.15, 0.2) is 0 Å². The van der Waals surface area contributed by atoms with Crippen LogP contribution in [0.4, 0.5) is 0 Å². The van der Waals surface area contributed by atoms with Crippen LogP contribution in [0.15, 0.2) is 30.3 Å². The summed E-state index contributed by atoms with van der Waals surface area (Å²) in [6.45, 7) is 2.77. The van der Waals surface area contributed by atoms with E-state index in [1.165, 1.54) is 0 Å². The van der Waals surface area contributed by atoms with Crippen LogP contribution in [0.1, 0.15) is 12.8 Å². The first-order valence-corrected chi connectivity index (χ1v) is 7.09. The van der Waals surface area contributed by atoms with Crippen LogP contribution >= 0.6 is 0 Å². The van der Waals surface area contributed by atoms with Gasteiger partial charge in [-0.1, -0.05) is 18.2 Å². The van der Waals surface area contributed by atoms with E-state index in [4.69, 9.17) is 4.74 Å². The van der Waals surface area contributed by atoms with Gasteiger partial charge in [0.2, 0.25) is 5.91 Å². The number of likely N-dealkylation sites (tertiary alicyclic amines) is 1. The number of nitrogens with zero attached hydrogens (tertiary/aromatic N) is 1. The molecule has 0 radical (unpaired) electrons. The fourth-order valence-corrected chi connectivity index (χ4v) is 2.31. The number of aliphatic hydroxyl groups is 1. The molecule has 1 atom stereocenters. The first-order chi connectivity index (χ1) is 9.74. The van der Waals surface area contributed by atoms with Crippen molar-refractivity contribution >= 4 is 5.91 Å². The second kappa shape index (κ2) is 7.87. The van der Waals surface area contributed by atoms with Crippen LogP contribution in [0.5, 0.6) is 5.75 Å². The van der Waals surface area contributed by atoms with Crippen molar-refractivity contribution in [2.24, 2.45) is 0 Å². The van der Waals surface area contributed by atoms with Crippen molar-refractivity contribution in [3.63, 3.8) is 0 Å². The van der Waals surface area contributed by atoms with Gasteiger partial charge >= 0.3 is 0 Å². The van der Waals surface area contributed by atoms with Crippen molar-refractivity contribution < 1.29 is 14.6 Å². The quantitative estimate of drug-likeness (QED) is 0.750. The zero-order valence-corrected chi connectivity index (χ0v) is 11.6. The summed E-state index contributed by atoms with van der Waals surface area (Å²) in [5, 5.41) is 12.4. The number of amides is 1. The Balaban J connectivity index is 1.58. The summed E-state index contributed by atoms with van der Waals surface area (Å²) in [4.78, 5) is 13.7. The Kier molecular flexibility index (Phi) is 5.83. The molecule has 1 fully saturated rings. The van der Waals surface area contributed by atoms with Crippen LogP contribution in [-0.2, 0) is 4.79 Å². The van der Waals surface area contributed by atoms with Gasteiger partial charge in [-0.25, -0.2) is 0 Å².